The summed E-state index contributed by atoms with van der Waals surface area (Å²) in [5.41, 5.74) is 0.676. The van der Waals surface area contributed by atoms with Gasteiger partial charge >= 0.3 is 5.97 Å². The maximum atomic E-state index is 10.7. The van der Waals surface area contributed by atoms with Gasteiger partial charge in [0.25, 0.3) is 5.69 Å². The predicted octanol–water partition coefficient (Wildman–Crippen LogP) is 1.56. The third-order valence-electron chi connectivity index (χ3n) is 2.53. The molecule has 104 valence electrons. The fourth-order valence-electron chi connectivity index (χ4n) is 1.60. The topological polar surface area (TPSA) is 102 Å². The van der Waals surface area contributed by atoms with Gasteiger partial charge in [0.05, 0.1) is 12.0 Å². The first-order valence-electron chi connectivity index (χ1n) is 5.78. The SMILES string of the molecule is COc1ccc([N+](=O)[O-])cc1CNCCCC(=O)O. The van der Waals surface area contributed by atoms with Crippen LogP contribution in [0, 0.1) is 10.1 Å². The number of nitrogens with zero attached hydrogens (tertiary/aromatic N) is 1. The second-order valence-electron chi connectivity index (χ2n) is 3.93. The molecule has 7 heteroatoms. The van der Waals surface area contributed by atoms with E-state index in [9.17, 15) is 14.9 Å². The number of benzene rings is 1. The van der Waals surface area contributed by atoms with Gasteiger partial charge in [-0.15, -0.1) is 0 Å². The molecule has 1 aromatic carbocycles. The zero-order valence-electron chi connectivity index (χ0n) is 10.6. The maximum absolute atomic E-state index is 10.7. The first-order chi connectivity index (χ1) is 9.04. The highest BCUT2D eigenvalue weighted by atomic mass is 16.6. The van der Waals surface area contributed by atoms with E-state index in [4.69, 9.17) is 9.84 Å². The Kier molecular flexibility index (Phi) is 5.74. The lowest BCUT2D eigenvalue weighted by atomic mass is 10.1. The van der Waals surface area contributed by atoms with E-state index in [0.29, 0.717) is 30.8 Å². The van der Waals surface area contributed by atoms with Gasteiger partial charge in [0.15, 0.2) is 0 Å². The van der Waals surface area contributed by atoms with Gasteiger partial charge in [-0.05, 0) is 19.0 Å². The molecule has 0 saturated carbocycles. The lowest BCUT2D eigenvalue weighted by molar-refractivity contribution is -0.384. The van der Waals surface area contributed by atoms with Crippen molar-refractivity contribution in [2.45, 2.75) is 19.4 Å². The largest absolute Gasteiger partial charge is 0.496 e. The van der Waals surface area contributed by atoms with Crippen molar-refractivity contribution in [3.8, 4) is 5.75 Å². The van der Waals surface area contributed by atoms with Crippen LogP contribution in [0.1, 0.15) is 18.4 Å². The number of nitro benzene ring substituents is 1. The van der Waals surface area contributed by atoms with Crippen molar-refractivity contribution in [3.05, 3.63) is 33.9 Å². The summed E-state index contributed by atoms with van der Waals surface area (Å²) in [5.74, 6) is -0.272. The van der Waals surface area contributed by atoms with E-state index in [1.165, 1.54) is 19.2 Å². The summed E-state index contributed by atoms with van der Waals surface area (Å²) in [6.07, 6.45) is 0.603. The molecule has 19 heavy (non-hydrogen) atoms. The van der Waals surface area contributed by atoms with Crippen LogP contribution in [0.2, 0.25) is 0 Å². The number of non-ortho nitro benzene ring substituents is 1. The summed E-state index contributed by atoms with van der Waals surface area (Å²) in [6, 6.07) is 4.38. The number of ether oxygens (including phenoxy) is 1. The van der Waals surface area contributed by atoms with Gasteiger partial charge < -0.3 is 15.2 Å². The van der Waals surface area contributed by atoms with Crippen molar-refractivity contribution >= 4 is 11.7 Å². The Bertz CT molecular complexity index is 461. The summed E-state index contributed by atoms with van der Waals surface area (Å²) in [7, 11) is 1.50. The average molecular weight is 268 g/mol. The highest BCUT2D eigenvalue weighted by Crippen LogP contribution is 2.23. The Balaban J connectivity index is 2.57. The fourth-order valence-corrected chi connectivity index (χ4v) is 1.60. The van der Waals surface area contributed by atoms with Gasteiger partial charge in [-0.1, -0.05) is 0 Å². The van der Waals surface area contributed by atoms with Crippen molar-refractivity contribution in [1.82, 2.24) is 5.32 Å². The van der Waals surface area contributed by atoms with Crippen molar-refractivity contribution in [1.29, 1.82) is 0 Å². The molecule has 2 N–H and O–H groups in total. The second-order valence-corrected chi connectivity index (χ2v) is 3.93. The number of aliphatic carboxylic acids is 1. The molecule has 0 fully saturated rings. The summed E-state index contributed by atoms with van der Waals surface area (Å²) in [4.78, 5) is 20.5. The Morgan fingerprint density at radius 2 is 2.26 bits per heavy atom. The molecule has 0 heterocycles. The quantitative estimate of drug-likeness (QED) is 0.421. The fraction of sp³-hybridized carbons (Fsp3) is 0.417. The van der Waals surface area contributed by atoms with Crippen LogP contribution in [0.15, 0.2) is 18.2 Å². The molecule has 1 aromatic rings. The van der Waals surface area contributed by atoms with Crippen LogP contribution in [0.4, 0.5) is 5.69 Å². The van der Waals surface area contributed by atoms with Gasteiger partial charge in [-0.2, -0.15) is 0 Å². The number of nitro groups is 1. The Labute approximate surface area is 110 Å². The molecular formula is C12H16N2O5. The monoisotopic (exact) mass is 268 g/mol. The number of hydrogen-bond acceptors (Lipinski definition) is 5. The number of carboxylic acid groups (broad SMARTS) is 1. The molecule has 0 amide bonds. The zero-order chi connectivity index (χ0) is 14.3. The molecule has 7 nitrogen and oxygen atoms in total. The molecule has 0 aliphatic heterocycles. The summed E-state index contributed by atoms with van der Waals surface area (Å²) >= 11 is 0. The van der Waals surface area contributed by atoms with Gasteiger partial charge in [-0.25, -0.2) is 0 Å². The number of rotatable bonds is 8. The van der Waals surface area contributed by atoms with E-state index < -0.39 is 10.9 Å². The molecule has 0 atom stereocenters. The Hall–Kier alpha value is -2.15. The Morgan fingerprint density at radius 3 is 2.84 bits per heavy atom. The Morgan fingerprint density at radius 1 is 1.53 bits per heavy atom. The van der Waals surface area contributed by atoms with Crippen LogP contribution in [0.3, 0.4) is 0 Å². The number of carbonyl (C=O) groups is 1. The number of methoxy groups -OCH3 is 1. The van der Waals surface area contributed by atoms with Crippen molar-refractivity contribution in [3.63, 3.8) is 0 Å². The van der Waals surface area contributed by atoms with Crippen molar-refractivity contribution in [2.24, 2.45) is 0 Å². The van der Waals surface area contributed by atoms with Crippen LogP contribution in [-0.2, 0) is 11.3 Å². The number of hydrogen-bond donors (Lipinski definition) is 2. The average Bonchev–Trinajstić information content (AvgIpc) is 2.37. The van der Waals surface area contributed by atoms with E-state index in [0.717, 1.165) is 0 Å². The highest BCUT2D eigenvalue weighted by Gasteiger charge is 2.10. The normalized spacial score (nSPS) is 10.2. The summed E-state index contributed by atoms with van der Waals surface area (Å²) in [5, 5.41) is 22.2. The predicted molar refractivity (Wildman–Crippen MR) is 68.2 cm³/mol. The molecule has 0 bridgehead atoms. The summed E-state index contributed by atoms with van der Waals surface area (Å²) in [6.45, 7) is 0.919. The van der Waals surface area contributed by atoms with E-state index in [1.807, 2.05) is 0 Å². The van der Waals surface area contributed by atoms with E-state index in [2.05, 4.69) is 5.32 Å². The molecule has 0 radical (unpaired) electrons. The summed E-state index contributed by atoms with van der Waals surface area (Å²) < 4.78 is 5.12. The second kappa shape index (κ2) is 7.32. The van der Waals surface area contributed by atoms with Crippen LogP contribution in [0.5, 0.6) is 5.75 Å². The van der Waals surface area contributed by atoms with Gasteiger partial charge in [0.2, 0.25) is 0 Å². The van der Waals surface area contributed by atoms with Crippen LogP contribution in [-0.4, -0.2) is 29.7 Å². The van der Waals surface area contributed by atoms with E-state index >= 15 is 0 Å². The third kappa shape index (κ3) is 4.92. The minimum atomic E-state index is -0.838. The molecule has 0 aromatic heterocycles. The first-order valence-corrected chi connectivity index (χ1v) is 5.78. The van der Waals surface area contributed by atoms with Crippen LogP contribution >= 0.6 is 0 Å². The van der Waals surface area contributed by atoms with E-state index in [-0.39, 0.29) is 12.1 Å². The molecular weight excluding hydrogens is 252 g/mol. The number of nitrogens with one attached hydrogen (secondary N) is 1. The van der Waals surface area contributed by atoms with Crippen molar-refractivity contribution < 1.29 is 19.6 Å². The first kappa shape index (κ1) is 14.9. The van der Waals surface area contributed by atoms with Gasteiger partial charge in [0.1, 0.15) is 5.75 Å². The van der Waals surface area contributed by atoms with Crippen molar-refractivity contribution in [2.75, 3.05) is 13.7 Å². The van der Waals surface area contributed by atoms with E-state index in [1.54, 1.807) is 6.07 Å². The molecule has 0 unspecified atom stereocenters. The third-order valence-corrected chi connectivity index (χ3v) is 2.53. The standard InChI is InChI=1S/C12H16N2O5/c1-19-11-5-4-10(14(17)18)7-9(11)8-13-6-2-3-12(15)16/h4-5,7,13H,2-3,6,8H2,1H3,(H,15,16). The lowest BCUT2D eigenvalue weighted by Gasteiger charge is -2.09. The molecule has 0 saturated heterocycles. The van der Waals surface area contributed by atoms with Crippen LogP contribution < -0.4 is 10.1 Å². The maximum Gasteiger partial charge on any atom is 0.303 e. The van der Waals surface area contributed by atoms with Gasteiger partial charge in [-0.3, -0.25) is 14.9 Å². The molecule has 0 spiro atoms. The van der Waals surface area contributed by atoms with Crippen LogP contribution in [0.25, 0.3) is 0 Å². The molecule has 0 aliphatic rings. The van der Waals surface area contributed by atoms with Gasteiger partial charge in [0, 0.05) is 30.7 Å². The lowest BCUT2D eigenvalue weighted by Crippen LogP contribution is -2.16. The number of carboxylic acids is 1. The molecule has 0 aliphatic carbocycles. The molecule has 1 rings (SSSR count). The highest BCUT2D eigenvalue weighted by molar-refractivity contribution is 5.66. The zero-order valence-corrected chi connectivity index (χ0v) is 10.6. The minimum Gasteiger partial charge on any atom is -0.496 e. The smallest absolute Gasteiger partial charge is 0.303 e. The minimum absolute atomic E-state index is 0.00290.